The maximum Gasteiger partial charge on any atom is 0.417 e. The average molecular weight is 352 g/mol. The second kappa shape index (κ2) is 6.93. The van der Waals surface area contributed by atoms with E-state index in [-0.39, 0.29) is 18.2 Å². The second-order valence-electron chi connectivity index (χ2n) is 7.20. The number of amides is 2. The molecule has 1 heterocycles. The van der Waals surface area contributed by atoms with Gasteiger partial charge in [0, 0.05) is 17.1 Å². The number of carbonyl (C=O) groups excluding carboxylic acids is 3. The van der Waals surface area contributed by atoms with Crippen LogP contribution in [0.1, 0.15) is 44.5 Å². The van der Waals surface area contributed by atoms with Crippen molar-refractivity contribution < 1.29 is 19.1 Å². The Morgan fingerprint density at radius 3 is 2.54 bits per heavy atom. The SMILES string of the molecule is C[C@H]1CC(C(=O)c2cccc(Cl)c2)C(=O)N(C(=O)OC(C)(C)C)C1. The van der Waals surface area contributed by atoms with Crippen LogP contribution in [0.2, 0.25) is 5.02 Å². The monoisotopic (exact) mass is 351 g/mol. The summed E-state index contributed by atoms with van der Waals surface area (Å²) in [5.74, 6) is -1.70. The summed E-state index contributed by atoms with van der Waals surface area (Å²) in [7, 11) is 0. The molecule has 0 spiro atoms. The van der Waals surface area contributed by atoms with Gasteiger partial charge in [0.2, 0.25) is 5.91 Å². The molecule has 1 unspecified atom stereocenters. The first-order valence-corrected chi connectivity index (χ1v) is 8.30. The van der Waals surface area contributed by atoms with Crippen LogP contribution in [0.15, 0.2) is 24.3 Å². The Morgan fingerprint density at radius 2 is 1.96 bits per heavy atom. The van der Waals surface area contributed by atoms with Crippen LogP contribution < -0.4 is 0 Å². The molecule has 1 aliphatic heterocycles. The highest BCUT2D eigenvalue weighted by atomic mass is 35.5. The van der Waals surface area contributed by atoms with Gasteiger partial charge in [0.05, 0.1) is 0 Å². The lowest BCUT2D eigenvalue weighted by Crippen LogP contribution is -2.51. The summed E-state index contributed by atoms with van der Waals surface area (Å²) in [5, 5.41) is 0.432. The highest BCUT2D eigenvalue weighted by molar-refractivity contribution is 6.31. The third-order valence-corrected chi connectivity index (χ3v) is 3.97. The van der Waals surface area contributed by atoms with Gasteiger partial charge in [-0.25, -0.2) is 9.69 Å². The van der Waals surface area contributed by atoms with Gasteiger partial charge in [0.25, 0.3) is 0 Å². The van der Waals surface area contributed by atoms with Crippen LogP contribution in [0, 0.1) is 11.8 Å². The molecular weight excluding hydrogens is 330 g/mol. The third-order valence-electron chi connectivity index (χ3n) is 3.74. The predicted molar refractivity (Wildman–Crippen MR) is 91.0 cm³/mol. The normalized spacial score (nSPS) is 21.5. The number of ether oxygens (including phenoxy) is 1. The van der Waals surface area contributed by atoms with Gasteiger partial charge in [-0.05, 0) is 45.2 Å². The van der Waals surface area contributed by atoms with Crippen LogP contribution in [0.3, 0.4) is 0 Å². The molecular formula is C18H22ClNO4. The Morgan fingerprint density at radius 1 is 1.29 bits per heavy atom. The Kier molecular flexibility index (Phi) is 5.33. The number of benzene rings is 1. The zero-order chi connectivity index (χ0) is 18.1. The van der Waals surface area contributed by atoms with Crippen LogP contribution >= 0.6 is 11.6 Å². The van der Waals surface area contributed by atoms with E-state index in [1.807, 2.05) is 6.92 Å². The lowest BCUT2D eigenvalue weighted by Gasteiger charge is -2.35. The topological polar surface area (TPSA) is 63.7 Å². The van der Waals surface area contributed by atoms with Crippen molar-refractivity contribution in [3.8, 4) is 0 Å². The highest BCUT2D eigenvalue weighted by Crippen LogP contribution is 2.28. The van der Waals surface area contributed by atoms with Crippen LogP contribution in [-0.4, -0.2) is 34.8 Å². The Bertz CT molecular complexity index is 665. The number of nitrogens with zero attached hydrogens (tertiary/aromatic N) is 1. The molecule has 0 saturated carbocycles. The van der Waals surface area contributed by atoms with Crippen LogP contribution in [0.25, 0.3) is 0 Å². The van der Waals surface area contributed by atoms with E-state index in [2.05, 4.69) is 0 Å². The average Bonchev–Trinajstić information content (AvgIpc) is 2.46. The summed E-state index contributed by atoms with van der Waals surface area (Å²) in [6.45, 7) is 7.36. The highest BCUT2D eigenvalue weighted by Gasteiger charge is 2.41. The summed E-state index contributed by atoms with van der Waals surface area (Å²) >= 11 is 5.92. The molecule has 1 aromatic rings. The first-order valence-electron chi connectivity index (χ1n) is 7.92. The fourth-order valence-electron chi connectivity index (χ4n) is 2.71. The van der Waals surface area contributed by atoms with E-state index in [4.69, 9.17) is 16.3 Å². The second-order valence-corrected chi connectivity index (χ2v) is 7.63. The zero-order valence-electron chi connectivity index (χ0n) is 14.3. The summed E-state index contributed by atoms with van der Waals surface area (Å²) in [6.07, 6.45) is -0.299. The summed E-state index contributed by atoms with van der Waals surface area (Å²) < 4.78 is 5.28. The molecule has 24 heavy (non-hydrogen) atoms. The van der Waals surface area contributed by atoms with Gasteiger partial charge in [-0.15, -0.1) is 0 Å². The number of carbonyl (C=O) groups is 3. The molecule has 1 fully saturated rings. The lowest BCUT2D eigenvalue weighted by molar-refractivity contribution is -0.136. The maximum absolute atomic E-state index is 12.7. The molecule has 1 aliphatic rings. The standard InChI is InChI=1S/C18H22ClNO4/c1-11-8-14(15(21)12-6-5-7-13(19)9-12)16(22)20(10-11)17(23)24-18(2,3)4/h5-7,9,11,14H,8,10H2,1-4H3/t11-,14?/m0/s1. The number of hydrogen-bond donors (Lipinski definition) is 0. The molecule has 0 bridgehead atoms. The quantitative estimate of drug-likeness (QED) is 0.598. The number of hydrogen-bond acceptors (Lipinski definition) is 4. The number of halogens is 1. The van der Waals surface area contributed by atoms with E-state index in [0.29, 0.717) is 17.0 Å². The van der Waals surface area contributed by atoms with Crippen molar-refractivity contribution in [1.29, 1.82) is 0 Å². The van der Waals surface area contributed by atoms with Crippen molar-refractivity contribution in [3.63, 3.8) is 0 Å². The minimum atomic E-state index is -0.889. The molecule has 0 aliphatic carbocycles. The predicted octanol–water partition coefficient (Wildman–Crippen LogP) is 3.94. The zero-order valence-corrected chi connectivity index (χ0v) is 15.1. The van der Waals surface area contributed by atoms with E-state index in [0.717, 1.165) is 4.90 Å². The molecule has 2 rings (SSSR count). The van der Waals surface area contributed by atoms with Crippen molar-refractivity contribution in [1.82, 2.24) is 4.90 Å². The first-order chi connectivity index (χ1) is 11.1. The molecule has 1 aromatic carbocycles. The lowest BCUT2D eigenvalue weighted by atomic mass is 9.84. The molecule has 0 N–H and O–H groups in total. The molecule has 130 valence electrons. The van der Waals surface area contributed by atoms with E-state index in [9.17, 15) is 14.4 Å². The van der Waals surface area contributed by atoms with Crippen molar-refractivity contribution in [2.75, 3.05) is 6.54 Å². The van der Waals surface area contributed by atoms with Crippen LogP contribution in [-0.2, 0) is 9.53 Å². The summed E-state index contributed by atoms with van der Waals surface area (Å²) in [4.78, 5) is 38.7. The summed E-state index contributed by atoms with van der Waals surface area (Å²) in [5.41, 5.74) is -0.330. The molecule has 1 saturated heterocycles. The van der Waals surface area contributed by atoms with Crippen molar-refractivity contribution >= 4 is 29.4 Å². The van der Waals surface area contributed by atoms with Gasteiger partial charge in [-0.2, -0.15) is 0 Å². The molecule has 6 heteroatoms. The molecule has 0 aromatic heterocycles. The number of ketones is 1. The first kappa shape index (κ1) is 18.5. The van der Waals surface area contributed by atoms with E-state index in [1.165, 1.54) is 6.07 Å². The van der Waals surface area contributed by atoms with Crippen molar-refractivity contribution in [2.45, 2.75) is 39.7 Å². The van der Waals surface area contributed by atoms with Crippen LogP contribution in [0.4, 0.5) is 4.79 Å². The minimum absolute atomic E-state index is 0.0170. The number of imide groups is 1. The van der Waals surface area contributed by atoms with Crippen molar-refractivity contribution in [2.24, 2.45) is 11.8 Å². The molecule has 2 amide bonds. The third kappa shape index (κ3) is 4.35. The largest absolute Gasteiger partial charge is 0.443 e. The fourth-order valence-corrected chi connectivity index (χ4v) is 2.90. The molecule has 0 radical (unpaired) electrons. The van der Waals surface area contributed by atoms with Crippen molar-refractivity contribution in [3.05, 3.63) is 34.9 Å². The number of piperidine rings is 1. The van der Waals surface area contributed by atoms with Gasteiger partial charge in [-0.1, -0.05) is 30.7 Å². The Hall–Kier alpha value is -1.88. The van der Waals surface area contributed by atoms with Crippen LogP contribution in [0.5, 0.6) is 0 Å². The van der Waals surface area contributed by atoms with Gasteiger partial charge >= 0.3 is 6.09 Å². The van der Waals surface area contributed by atoms with E-state index in [1.54, 1.807) is 39.0 Å². The number of likely N-dealkylation sites (tertiary alicyclic amines) is 1. The maximum atomic E-state index is 12.7. The van der Waals surface area contributed by atoms with Gasteiger partial charge in [0.1, 0.15) is 11.5 Å². The van der Waals surface area contributed by atoms with E-state index < -0.39 is 23.5 Å². The molecule has 5 nitrogen and oxygen atoms in total. The fraction of sp³-hybridized carbons (Fsp3) is 0.500. The van der Waals surface area contributed by atoms with Gasteiger partial charge < -0.3 is 4.74 Å². The smallest absolute Gasteiger partial charge is 0.417 e. The van der Waals surface area contributed by atoms with Gasteiger partial charge in [0.15, 0.2) is 5.78 Å². The number of rotatable bonds is 2. The Balaban J connectivity index is 2.23. The Labute approximate surface area is 146 Å². The summed E-state index contributed by atoms with van der Waals surface area (Å²) in [6, 6.07) is 6.49. The van der Waals surface area contributed by atoms with Gasteiger partial charge in [-0.3, -0.25) is 9.59 Å². The number of Topliss-reactive ketones (excluding diaryl/α,β-unsaturated/α-hetero) is 1. The minimum Gasteiger partial charge on any atom is -0.443 e. The van der Waals surface area contributed by atoms with E-state index >= 15 is 0 Å². The molecule has 2 atom stereocenters.